The van der Waals surface area contributed by atoms with Crippen molar-refractivity contribution >= 4 is 28.2 Å². The first-order chi connectivity index (χ1) is 9.09. The maximum atomic E-state index is 5.84. The minimum atomic E-state index is 0.232. The van der Waals surface area contributed by atoms with Gasteiger partial charge in [0.25, 0.3) is 0 Å². The number of hydrogen-bond acceptors (Lipinski definition) is 3. The third kappa shape index (κ3) is 3.26. The van der Waals surface area contributed by atoms with E-state index in [0.29, 0.717) is 24.0 Å². The molecule has 2 rings (SSSR count). The SMILES string of the molecule is CC(C)CCCOc1c(C(N)=S)oc2ccccc12. The van der Waals surface area contributed by atoms with Crippen LogP contribution in [0.4, 0.5) is 0 Å². The van der Waals surface area contributed by atoms with Gasteiger partial charge in [0.05, 0.1) is 12.0 Å². The van der Waals surface area contributed by atoms with Gasteiger partial charge in [-0.25, -0.2) is 0 Å². The highest BCUT2D eigenvalue weighted by atomic mass is 32.1. The van der Waals surface area contributed by atoms with Gasteiger partial charge in [-0.05, 0) is 30.9 Å². The van der Waals surface area contributed by atoms with E-state index in [2.05, 4.69) is 13.8 Å². The van der Waals surface area contributed by atoms with Crippen LogP contribution in [-0.4, -0.2) is 11.6 Å². The predicted molar refractivity (Wildman–Crippen MR) is 81.7 cm³/mol. The molecule has 1 heterocycles. The number of rotatable bonds is 6. The molecule has 2 aromatic rings. The molecular weight excluding hydrogens is 258 g/mol. The maximum absolute atomic E-state index is 5.84. The number of fused-ring (bicyclic) bond motifs is 1. The van der Waals surface area contributed by atoms with E-state index >= 15 is 0 Å². The molecule has 0 atom stereocenters. The molecule has 0 fully saturated rings. The summed E-state index contributed by atoms with van der Waals surface area (Å²) in [5.41, 5.74) is 6.44. The molecule has 102 valence electrons. The van der Waals surface area contributed by atoms with Crippen LogP contribution in [0.25, 0.3) is 11.0 Å². The highest BCUT2D eigenvalue weighted by molar-refractivity contribution is 7.80. The molecular formula is C15H19NO2S. The largest absolute Gasteiger partial charge is 0.489 e. The molecule has 1 aromatic carbocycles. The van der Waals surface area contributed by atoms with Crippen molar-refractivity contribution < 1.29 is 9.15 Å². The van der Waals surface area contributed by atoms with Crippen molar-refractivity contribution in [1.82, 2.24) is 0 Å². The molecule has 0 aliphatic carbocycles. The average Bonchev–Trinajstić information content (AvgIpc) is 2.73. The Morgan fingerprint density at radius 2 is 2.11 bits per heavy atom. The fourth-order valence-electron chi connectivity index (χ4n) is 1.99. The predicted octanol–water partition coefficient (Wildman–Crippen LogP) is 3.88. The van der Waals surface area contributed by atoms with Gasteiger partial charge in [-0.15, -0.1) is 0 Å². The van der Waals surface area contributed by atoms with Gasteiger partial charge in [0, 0.05) is 0 Å². The zero-order valence-corrected chi connectivity index (χ0v) is 12.1. The van der Waals surface area contributed by atoms with Gasteiger partial charge < -0.3 is 14.9 Å². The lowest BCUT2D eigenvalue weighted by molar-refractivity contribution is 0.296. The summed E-state index contributed by atoms with van der Waals surface area (Å²) >= 11 is 5.01. The van der Waals surface area contributed by atoms with Gasteiger partial charge in [-0.3, -0.25) is 0 Å². The van der Waals surface area contributed by atoms with E-state index in [1.165, 1.54) is 0 Å². The van der Waals surface area contributed by atoms with Gasteiger partial charge in [0.1, 0.15) is 10.6 Å². The summed E-state index contributed by atoms with van der Waals surface area (Å²) in [4.78, 5) is 0.232. The Morgan fingerprint density at radius 1 is 1.37 bits per heavy atom. The van der Waals surface area contributed by atoms with E-state index in [0.717, 1.165) is 23.8 Å². The van der Waals surface area contributed by atoms with E-state index in [9.17, 15) is 0 Å². The summed E-state index contributed by atoms with van der Waals surface area (Å²) in [6.07, 6.45) is 2.14. The van der Waals surface area contributed by atoms with Crippen molar-refractivity contribution in [2.75, 3.05) is 6.61 Å². The quantitative estimate of drug-likeness (QED) is 0.643. The molecule has 0 saturated carbocycles. The number of furan rings is 1. The van der Waals surface area contributed by atoms with Gasteiger partial charge in [0.2, 0.25) is 5.76 Å². The number of hydrogen-bond donors (Lipinski definition) is 1. The molecule has 3 nitrogen and oxygen atoms in total. The normalized spacial score (nSPS) is 11.1. The third-order valence-corrected chi connectivity index (χ3v) is 3.13. The molecule has 19 heavy (non-hydrogen) atoms. The maximum Gasteiger partial charge on any atom is 0.204 e. The lowest BCUT2D eigenvalue weighted by atomic mass is 10.1. The number of para-hydroxylation sites is 1. The number of thiocarbonyl (C=S) groups is 1. The molecule has 0 aliphatic rings. The highest BCUT2D eigenvalue weighted by Gasteiger charge is 2.17. The van der Waals surface area contributed by atoms with Crippen LogP contribution in [0.1, 0.15) is 32.4 Å². The summed E-state index contributed by atoms with van der Waals surface area (Å²) in [6.45, 7) is 5.05. The summed E-state index contributed by atoms with van der Waals surface area (Å²) in [5, 5.41) is 0.926. The van der Waals surface area contributed by atoms with Crippen LogP contribution in [0.5, 0.6) is 5.75 Å². The van der Waals surface area contributed by atoms with Gasteiger partial charge in [-0.1, -0.05) is 38.2 Å². The molecule has 0 aliphatic heterocycles. The summed E-state index contributed by atoms with van der Waals surface area (Å²) < 4.78 is 11.5. The van der Waals surface area contributed by atoms with Crippen LogP contribution in [0.2, 0.25) is 0 Å². The summed E-state index contributed by atoms with van der Waals surface area (Å²) in [6, 6.07) is 7.70. The second kappa shape index (κ2) is 6.06. The number of ether oxygens (including phenoxy) is 1. The van der Waals surface area contributed by atoms with Gasteiger partial charge in [0.15, 0.2) is 5.75 Å². The molecule has 4 heteroatoms. The van der Waals surface area contributed by atoms with Crippen molar-refractivity contribution in [3.05, 3.63) is 30.0 Å². The van der Waals surface area contributed by atoms with Gasteiger partial charge >= 0.3 is 0 Å². The molecule has 0 amide bonds. The Balaban J connectivity index is 2.19. The third-order valence-electron chi connectivity index (χ3n) is 2.95. The van der Waals surface area contributed by atoms with Crippen molar-refractivity contribution in [1.29, 1.82) is 0 Å². The standard InChI is InChI=1S/C15H19NO2S/c1-10(2)6-5-9-17-13-11-7-3-4-8-12(11)18-14(13)15(16)19/h3-4,7-8,10H,5-6,9H2,1-2H3,(H2,16,19). The van der Waals surface area contributed by atoms with Crippen LogP contribution in [-0.2, 0) is 0 Å². The van der Waals surface area contributed by atoms with Gasteiger partial charge in [-0.2, -0.15) is 0 Å². The number of benzene rings is 1. The Bertz CT molecular complexity index is 575. The second-order valence-corrected chi connectivity index (χ2v) is 5.45. The van der Waals surface area contributed by atoms with Crippen molar-refractivity contribution in [2.24, 2.45) is 11.7 Å². The van der Waals surface area contributed by atoms with Crippen molar-refractivity contribution in [3.63, 3.8) is 0 Å². The van der Waals surface area contributed by atoms with Crippen LogP contribution in [0, 0.1) is 5.92 Å². The van der Waals surface area contributed by atoms with E-state index in [1.54, 1.807) is 0 Å². The van der Waals surface area contributed by atoms with Crippen LogP contribution < -0.4 is 10.5 Å². The lowest BCUT2D eigenvalue weighted by Crippen LogP contribution is -2.10. The van der Waals surface area contributed by atoms with Crippen LogP contribution >= 0.6 is 12.2 Å². The molecule has 0 radical (unpaired) electrons. The first-order valence-corrected chi connectivity index (χ1v) is 6.94. The Kier molecular flexibility index (Phi) is 4.43. The molecule has 1 aromatic heterocycles. The average molecular weight is 277 g/mol. The highest BCUT2D eigenvalue weighted by Crippen LogP contribution is 2.33. The molecule has 0 bridgehead atoms. The van der Waals surface area contributed by atoms with E-state index in [4.69, 9.17) is 27.1 Å². The molecule has 0 spiro atoms. The molecule has 0 saturated heterocycles. The fraction of sp³-hybridized carbons (Fsp3) is 0.400. The van der Waals surface area contributed by atoms with Crippen molar-refractivity contribution in [2.45, 2.75) is 26.7 Å². The minimum Gasteiger partial charge on any atom is -0.489 e. The summed E-state index contributed by atoms with van der Waals surface area (Å²) in [7, 11) is 0. The monoisotopic (exact) mass is 277 g/mol. The van der Waals surface area contributed by atoms with Crippen LogP contribution in [0.3, 0.4) is 0 Å². The Morgan fingerprint density at radius 3 is 2.79 bits per heavy atom. The second-order valence-electron chi connectivity index (χ2n) is 5.01. The zero-order chi connectivity index (χ0) is 13.8. The fourth-order valence-corrected chi connectivity index (χ4v) is 2.13. The van der Waals surface area contributed by atoms with E-state index < -0.39 is 0 Å². The smallest absolute Gasteiger partial charge is 0.204 e. The summed E-state index contributed by atoms with van der Waals surface area (Å²) in [5.74, 6) is 1.83. The topological polar surface area (TPSA) is 48.4 Å². The Hall–Kier alpha value is -1.55. The van der Waals surface area contributed by atoms with E-state index in [-0.39, 0.29) is 4.99 Å². The first-order valence-electron chi connectivity index (χ1n) is 6.53. The first kappa shape index (κ1) is 13.9. The van der Waals surface area contributed by atoms with E-state index in [1.807, 2.05) is 24.3 Å². The zero-order valence-electron chi connectivity index (χ0n) is 11.3. The van der Waals surface area contributed by atoms with Crippen molar-refractivity contribution in [3.8, 4) is 5.75 Å². The molecule has 2 N–H and O–H groups in total. The molecule has 0 unspecified atom stereocenters. The Labute approximate surface area is 118 Å². The lowest BCUT2D eigenvalue weighted by Gasteiger charge is -2.07. The minimum absolute atomic E-state index is 0.232. The van der Waals surface area contributed by atoms with Crippen LogP contribution in [0.15, 0.2) is 28.7 Å². The number of nitrogens with two attached hydrogens (primary N) is 1.